The standard InChI is InChI=1S/C16H13F6N3O6/c1-8(7-30-12(26)2-3-13(27)31-25(24-29)14(23)28)9-4-10(15(17,18)19)6-11(5-9)16(20,21)22/h2-6,8H,7H2,1H3,(H2,23,28)/b3-2-/t8-/m0/s1. The first kappa shape index (κ1) is 25.4. The summed E-state index contributed by atoms with van der Waals surface area (Å²) in [7, 11) is 0. The van der Waals surface area contributed by atoms with Gasteiger partial charge in [-0.3, -0.25) is 0 Å². The molecule has 1 rings (SSSR count). The van der Waals surface area contributed by atoms with Crippen molar-refractivity contribution < 1.29 is 50.3 Å². The van der Waals surface area contributed by atoms with E-state index in [1.165, 1.54) is 6.92 Å². The number of urea groups is 1. The number of nitroso groups, excluding NO2 is 1. The Labute approximate surface area is 169 Å². The van der Waals surface area contributed by atoms with Crippen molar-refractivity contribution in [3.63, 3.8) is 0 Å². The number of hydrogen-bond acceptors (Lipinski definition) is 7. The van der Waals surface area contributed by atoms with Gasteiger partial charge in [0.15, 0.2) is 0 Å². The molecule has 0 saturated heterocycles. The van der Waals surface area contributed by atoms with Gasteiger partial charge in [0, 0.05) is 23.2 Å². The van der Waals surface area contributed by atoms with Gasteiger partial charge in [0.1, 0.15) is 0 Å². The lowest BCUT2D eigenvalue weighted by atomic mass is 9.96. The molecule has 0 aromatic heterocycles. The van der Waals surface area contributed by atoms with Crippen molar-refractivity contribution in [3.8, 4) is 0 Å². The second kappa shape index (κ2) is 9.90. The Hall–Kier alpha value is -3.65. The van der Waals surface area contributed by atoms with Crippen LogP contribution in [-0.2, 0) is 31.5 Å². The minimum absolute atomic E-state index is 0.0415. The van der Waals surface area contributed by atoms with Crippen molar-refractivity contribution in [2.45, 2.75) is 25.2 Å². The summed E-state index contributed by atoms with van der Waals surface area (Å²) in [5.74, 6) is -3.75. The van der Waals surface area contributed by atoms with E-state index in [1.807, 2.05) is 5.29 Å². The maximum atomic E-state index is 12.9. The van der Waals surface area contributed by atoms with Gasteiger partial charge in [-0.05, 0) is 23.8 Å². The van der Waals surface area contributed by atoms with E-state index in [4.69, 9.17) is 0 Å². The molecule has 1 atom stereocenters. The fourth-order valence-corrected chi connectivity index (χ4v) is 1.97. The summed E-state index contributed by atoms with van der Waals surface area (Å²) >= 11 is 0. The highest BCUT2D eigenvalue weighted by Gasteiger charge is 2.37. The highest BCUT2D eigenvalue weighted by atomic mass is 19.4. The van der Waals surface area contributed by atoms with Crippen molar-refractivity contribution in [1.29, 1.82) is 0 Å². The second-order valence-corrected chi connectivity index (χ2v) is 5.81. The van der Waals surface area contributed by atoms with Crippen LogP contribution >= 0.6 is 0 Å². The molecule has 0 radical (unpaired) electrons. The van der Waals surface area contributed by atoms with Crippen LogP contribution in [-0.4, -0.2) is 29.7 Å². The van der Waals surface area contributed by atoms with E-state index < -0.39 is 64.7 Å². The monoisotopic (exact) mass is 457 g/mol. The number of benzene rings is 1. The van der Waals surface area contributed by atoms with Gasteiger partial charge in [-0.1, -0.05) is 6.92 Å². The van der Waals surface area contributed by atoms with Crippen molar-refractivity contribution >= 4 is 18.0 Å². The molecule has 0 bridgehead atoms. The molecule has 170 valence electrons. The first-order chi connectivity index (χ1) is 14.1. The number of nitrogens with two attached hydrogens (primary N) is 1. The summed E-state index contributed by atoms with van der Waals surface area (Å²) in [6.07, 6.45) is -9.21. The average Bonchev–Trinajstić information content (AvgIpc) is 2.66. The molecule has 2 N–H and O–H groups in total. The molecule has 0 saturated carbocycles. The number of primary amides is 1. The lowest BCUT2D eigenvalue weighted by molar-refractivity contribution is -0.170. The van der Waals surface area contributed by atoms with E-state index in [2.05, 4.69) is 15.3 Å². The first-order valence-electron chi connectivity index (χ1n) is 7.94. The average molecular weight is 457 g/mol. The number of carbonyl (C=O) groups is 3. The molecule has 0 aliphatic heterocycles. The number of halogens is 6. The Morgan fingerprint density at radius 3 is 1.94 bits per heavy atom. The molecule has 15 heteroatoms. The zero-order valence-electron chi connectivity index (χ0n) is 15.4. The van der Waals surface area contributed by atoms with Crippen LogP contribution in [0.2, 0.25) is 0 Å². The zero-order chi connectivity index (χ0) is 24.0. The van der Waals surface area contributed by atoms with Gasteiger partial charge in [0.25, 0.3) is 0 Å². The molecule has 0 aliphatic carbocycles. The summed E-state index contributed by atoms with van der Waals surface area (Å²) in [4.78, 5) is 47.6. The van der Waals surface area contributed by atoms with Crippen molar-refractivity contribution in [1.82, 2.24) is 5.17 Å². The van der Waals surface area contributed by atoms with Crippen LogP contribution in [0.15, 0.2) is 35.6 Å². The SMILES string of the molecule is C[C@@H](COC(=O)/C=C\C(=O)ON(N=O)C(N)=O)c1cc(C(F)(F)F)cc(C(F)(F)F)c1. The fourth-order valence-electron chi connectivity index (χ4n) is 1.97. The molecular weight excluding hydrogens is 444 g/mol. The Morgan fingerprint density at radius 2 is 1.52 bits per heavy atom. The molecule has 0 spiro atoms. The van der Waals surface area contributed by atoms with Gasteiger partial charge >= 0.3 is 30.3 Å². The van der Waals surface area contributed by atoms with Crippen LogP contribution in [0.1, 0.15) is 29.5 Å². The number of hydroxylamine groups is 1. The van der Waals surface area contributed by atoms with Gasteiger partial charge in [0.2, 0.25) is 0 Å². The van der Waals surface area contributed by atoms with E-state index in [1.54, 1.807) is 0 Å². The van der Waals surface area contributed by atoms with E-state index in [0.29, 0.717) is 24.3 Å². The molecule has 0 fully saturated rings. The van der Waals surface area contributed by atoms with Gasteiger partial charge in [-0.25, -0.2) is 14.4 Å². The summed E-state index contributed by atoms with van der Waals surface area (Å²) in [6, 6.07) is -0.593. The third-order valence-electron chi connectivity index (χ3n) is 3.45. The maximum absolute atomic E-state index is 12.9. The Kier molecular flexibility index (Phi) is 8.11. The quantitative estimate of drug-likeness (QED) is 0.229. The van der Waals surface area contributed by atoms with Gasteiger partial charge in [-0.2, -0.15) is 26.3 Å². The molecule has 1 aromatic carbocycles. The van der Waals surface area contributed by atoms with E-state index in [0.717, 1.165) is 0 Å². The predicted octanol–water partition coefficient (Wildman–Crippen LogP) is 3.45. The highest BCUT2D eigenvalue weighted by Crippen LogP contribution is 2.37. The normalized spacial score (nSPS) is 12.9. The second-order valence-electron chi connectivity index (χ2n) is 5.81. The lowest BCUT2D eigenvalue weighted by Gasteiger charge is -2.17. The molecule has 0 unspecified atom stereocenters. The minimum Gasteiger partial charge on any atom is -0.462 e. The van der Waals surface area contributed by atoms with Crippen LogP contribution in [0.4, 0.5) is 31.1 Å². The zero-order valence-corrected chi connectivity index (χ0v) is 15.4. The van der Waals surface area contributed by atoms with E-state index >= 15 is 0 Å². The minimum atomic E-state index is -5.04. The van der Waals surface area contributed by atoms with E-state index in [9.17, 15) is 45.6 Å². The molecule has 0 aliphatic rings. The number of alkyl halides is 6. The number of nitrogens with zero attached hydrogens (tertiary/aromatic N) is 2. The van der Waals surface area contributed by atoms with Crippen molar-refractivity contribution in [2.75, 3.05) is 6.61 Å². The molecule has 1 aromatic rings. The Morgan fingerprint density at radius 1 is 1.03 bits per heavy atom. The number of carbonyl (C=O) groups excluding carboxylic acids is 3. The largest absolute Gasteiger partial charge is 0.462 e. The Balaban J connectivity index is 2.84. The maximum Gasteiger partial charge on any atom is 0.416 e. The predicted molar refractivity (Wildman–Crippen MR) is 88.3 cm³/mol. The summed E-state index contributed by atoms with van der Waals surface area (Å²) in [5.41, 5.74) is 1.17. The number of ether oxygens (including phenoxy) is 1. The van der Waals surface area contributed by atoms with Crippen LogP contribution in [0.3, 0.4) is 0 Å². The Bertz CT molecular complexity index is 851. The number of rotatable bonds is 6. The number of esters is 1. The summed E-state index contributed by atoms with van der Waals surface area (Å²) < 4.78 is 82.0. The smallest absolute Gasteiger partial charge is 0.416 e. The van der Waals surface area contributed by atoms with Gasteiger partial charge < -0.3 is 15.3 Å². The van der Waals surface area contributed by atoms with Crippen LogP contribution in [0.5, 0.6) is 0 Å². The molecule has 0 heterocycles. The van der Waals surface area contributed by atoms with Crippen molar-refractivity contribution in [2.24, 2.45) is 11.0 Å². The van der Waals surface area contributed by atoms with Gasteiger partial charge in [-0.15, -0.1) is 4.91 Å². The third-order valence-corrected chi connectivity index (χ3v) is 3.45. The molecule has 31 heavy (non-hydrogen) atoms. The lowest BCUT2D eigenvalue weighted by Crippen LogP contribution is -2.32. The number of amides is 2. The summed E-state index contributed by atoms with van der Waals surface area (Å²) in [6.45, 7) is 0.571. The van der Waals surface area contributed by atoms with Crippen LogP contribution in [0.25, 0.3) is 0 Å². The molecular formula is C16H13F6N3O6. The van der Waals surface area contributed by atoms with Crippen molar-refractivity contribution in [3.05, 3.63) is 51.9 Å². The number of hydrogen-bond donors (Lipinski definition) is 1. The first-order valence-corrected chi connectivity index (χ1v) is 7.94. The van der Waals surface area contributed by atoms with Crippen LogP contribution < -0.4 is 5.73 Å². The van der Waals surface area contributed by atoms with E-state index in [-0.39, 0.29) is 6.07 Å². The summed E-state index contributed by atoms with van der Waals surface area (Å²) in [5, 5.41) is 1.53. The topological polar surface area (TPSA) is 128 Å². The third kappa shape index (κ3) is 7.94. The molecule has 2 amide bonds. The fraction of sp³-hybridized carbons (Fsp3) is 0.312. The van der Waals surface area contributed by atoms with Crippen LogP contribution in [0, 0.1) is 4.91 Å². The van der Waals surface area contributed by atoms with Gasteiger partial charge in [0.05, 0.1) is 23.0 Å². The molecule has 9 nitrogen and oxygen atoms in total. The highest BCUT2D eigenvalue weighted by molar-refractivity contribution is 5.92.